The first-order valence-corrected chi connectivity index (χ1v) is 6.72. The average Bonchev–Trinajstić information content (AvgIpc) is 2.46. The predicted octanol–water partition coefficient (Wildman–Crippen LogP) is 4.03. The lowest BCUT2D eigenvalue weighted by molar-refractivity contribution is 0.442. The topological polar surface area (TPSA) is 12.0 Å². The Morgan fingerprint density at radius 3 is 2.64 bits per heavy atom. The van der Waals surface area contributed by atoms with Gasteiger partial charge in [0.15, 0.2) is 0 Å². The van der Waals surface area contributed by atoms with Crippen LogP contribution in [0.4, 0.5) is 0 Å². The van der Waals surface area contributed by atoms with Gasteiger partial charge < -0.3 is 5.32 Å². The minimum atomic E-state index is 0.601. The molecule has 0 fully saturated rings. The van der Waals surface area contributed by atoms with Gasteiger partial charge in [-0.3, -0.25) is 0 Å². The lowest BCUT2D eigenvalue weighted by Gasteiger charge is -2.15. The van der Waals surface area contributed by atoms with Crippen LogP contribution in [0.15, 0.2) is 15.9 Å². The van der Waals surface area contributed by atoms with Crippen LogP contribution in [0.2, 0.25) is 0 Å². The van der Waals surface area contributed by atoms with E-state index in [0.29, 0.717) is 6.04 Å². The smallest absolute Gasteiger partial charge is 0.0327 e. The van der Waals surface area contributed by atoms with Crippen molar-refractivity contribution in [2.45, 2.75) is 39.8 Å². The second kappa shape index (κ2) is 5.89. The Bertz CT molecular complexity index is 270. The Hall–Kier alpha value is 0.140. The van der Waals surface area contributed by atoms with Crippen molar-refractivity contribution in [2.24, 2.45) is 5.92 Å². The first-order chi connectivity index (χ1) is 6.59. The molecule has 0 radical (unpaired) electrons. The van der Waals surface area contributed by atoms with Crippen LogP contribution in [-0.4, -0.2) is 6.04 Å². The minimum Gasteiger partial charge on any atom is -0.309 e. The number of rotatable bonds is 5. The van der Waals surface area contributed by atoms with E-state index >= 15 is 0 Å². The van der Waals surface area contributed by atoms with Crippen LogP contribution in [0.1, 0.15) is 32.1 Å². The summed E-state index contributed by atoms with van der Waals surface area (Å²) in [5.41, 5.74) is 0. The molecule has 0 aromatic carbocycles. The minimum absolute atomic E-state index is 0.601. The Labute approximate surface area is 99.0 Å². The first kappa shape index (κ1) is 12.2. The maximum atomic E-state index is 3.54. The van der Waals surface area contributed by atoms with Crippen molar-refractivity contribution < 1.29 is 0 Å². The summed E-state index contributed by atoms with van der Waals surface area (Å²) in [6.07, 6.45) is 1.24. The molecule has 1 N–H and O–H groups in total. The van der Waals surface area contributed by atoms with Crippen LogP contribution in [-0.2, 0) is 6.54 Å². The maximum absolute atomic E-state index is 3.54. The maximum Gasteiger partial charge on any atom is 0.0327 e. The van der Waals surface area contributed by atoms with Gasteiger partial charge in [0.1, 0.15) is 0 Å². The highest BCUT2D eigenvalue weighted by Crippen LogP contribution is 2.22. The highest BCUT2D eigenvalue weighted by molar-refractivity contribution is 9.10. The van der Waals surface area contributed by atoms with Gasteiger partial charge in [0.05, 0.1) is 0 Å². The first-order valence-electron chi connectivity index (χ1n) is 5.05. The number of nitrogens with one attached hydrogen (secondary N) is 1. The largest absolute Gasteiger partial charge is 0.309 e. The van der Waals surface area contributed by atoms with Crippen LogP contribution < -0.4 is 5.32 Å². The van der Waals surface area contributed by atoms with Crippen molar-refractivity contribution in [3.63, 3.8) is 0 Å². The van der Waals surface area contributed by atoms with Gasteiger partial charge in [-0.05, 0) is 46.6 Å². The Morgan fingerprint density at radius 1 is 1.43 bits per heavy atom. The fourth-order valence-electron chi connectivity index (χ4n) is 1.51. The molecule has 1 heterocycles. The molecule has 0 saturated heterocycles. The second-order valence-corrected chi connectivity index (χ2v) is 5.96. The third-order valence-electron chi connectivity index (χ3n) is 2.13. The summed E-state index contributed by atoms with van der Waals surface area (Å²) in [6.45, 7) is 7.76. The van der Waals surface area contributed by atoms with E-state index in [1.54, 1.807) is 11.3 Å². The van der Waals surface area contributed by atoms with Gasteiger partial charge in [-0.25, -0.2) is 0 Å². The molecule has 0 aliphatic carbocycles. The van der Waals surface area contributed by atoms with Gasteiger partial charge in [0.2, 0.25) is 0 Å². The second-order valence-electron chi connectivity index (χ2n) is 4.10. The molecule has 0 amide bonds. The Kier molecular flexibility index (Phi) is 5.13. The summed E-state index contributed by atoms with van der Waals surface area (Å²) in [7, 11) is 0. The number of halogens is 1. The van der Waals surface area contributed by atoms with E-state index in [1.807, 2.05) is 0 Å². The van der Waals surface area contributed by atoms with E-state index in [-0.39, 0.29) is 0 Å². The Morgan fingerprint density at radius 2 is 2.14 bits per heavy atom. The molecule has 1 atom stereocenters. The molecular weight excluding hydrogens is 258 g/mol. The molecule has 0 spiro atoms. The fraction of sp³-hybridized carbons (Fsp3) is 0.636. The van der Waals surface area contributed by atoms with Gasteiger partial charge in [0, 0.05) is 21.9 Å². The van der Waals surface area contributed by atoms with Crippen molar-refractivity contribution in [1.82, 2.24) is 5.32 Å². The fourth-order valence-corrected chi connectivity index (χ4v) is 2.95. The molecule has 1 unspecified atom stereocenters. The summed E-state index contributed by atoms with van der Waals surface area (Å²) in [6, 6.07) is 2.71. The molecular formula is C11H18BrNS. The van der Waals surface area contributed by atoms with Crippen LogP contribution in [0.3, 0.4) is 0 Å². The third kappa shape index (κ3) is 4.11. The lowest BCUT2D eigenvalue weighted by atomic mass is 10.1. The van der Waals surface area contributed by atoms with Crippen LogP contribution in [0.5, 0.6) is 0 Å². The van der Waals surface area contributed by atoms with Gasteiger partial charge in [-0.15, -0.1) is 11.3 Å². The number of hydrogen-bond donors (Lipinski definition) is 1. The standard InChI is InChI=1S/C11H18BrNS/c1-8(2)6-9(3)13-7-11-10(12)4-5-14-11/h4-5,8-9,13H,6-7H2,1-3H3. The Balaban J connectivity index is 2.30. The molecule has 1 nitrogen and oxygen atoms in total. The van der Waals surface area contributed by atoms with Crippen LogP contribution in [0, 0.1) is 5.92 Å². The van der Waals surface area contributed by atoms with Crippen LogP contribution >= 0.6 is 27.3 Å². The van der Waals surface area contributed by atoms with E-state index in [0.717, 1.165) is 12.5 Å². The number of hydrogen-bond acceptors (Lipinski definition) is 2. The van der Waals surface area contributed by atoms with E-state index in [2.05, 4.69) is 53.5 Å². The molecule has 80 valence electrons. The van der Waals surface area contributed by atoms with Gasteiger partial charge in [-0.2, -0.15) is 0 Å². The molecule has 1 rings (SSSR count). The molecule has 0 aliphatic rings. The van der Waals surface area contributed by atoms with E-state index in [4.69, 9.17) is 0 Å². The van der Waals surface area contributed by atoms with Crippen LogP contribution in [0.25, 0.3) is 0 Å². The third-order valence-corrected chi connectivity index (χ3v) is 4.05. The van der Waals surface area contributed by atoms with Crippen molar-refractivity contribution >= 4 is 27.3 Å². The summed E-state index contributed by atoms with van der Waals surface area (Å²) < 4.78 is 1.23. The van der Waals surface area contributed by atoms with Gasteiger partial charge in [-0.1, -0.05) is 13.8 Å². The monoisotopic (exact) mass is 275 g/mol. The van der Waals surface area contributed by atoms with Gasteiger partial charge in [0.25, 0.3) is 0 Å². The molecule has 3 heteroatoms. The van der Waals surface area contributed by atoms with Gasteiger partial charge >= 0.3 is 0 Å². The molecule has 14 heavy (non-hydrogen) atoms. The average molecular weight is 276 g/mol. The molecule has 0 aliphatic heterocycles. The summed E-state index contributed by atoms with van der Waals surface area (Å²) in [4.78, 5) is 1.39. The summed E-state index contributed by atoms with van der Waals surface area (Å²) in [5, 5.41) is 5.66. The highest BCUT2D eigenvalue weighted by atomic mass is 79.9. The summed E-state index contributed by atoms with van der Waals surface area (Å²) >= 11 is 5.34. The molecule has 1 aromatic heterocycles. The van der Waals surface area contributed by atoms with Crippen molar-refractivity contribution in [1.29, 1.82) is 0 Å². The molecule has 0 bridgehead atoms. The zero-order chi connectivity index (χ0) is 10.6. The quantitative estimate of drug-likeness (QED) is 0.856. The zero-order valence-corrected chi connectivity index (χ0v) is 11.4. The summed E-state index contributed by atoms with van der Waals surface area (Å²) in [5.74, 6) is 0.768. The van der Waals surface area contributed by atoms with Crippen molar-refractivity contribution in [2.75, 3.05) is 0 Å². The van der Waals surface area contributed by atoms with Crippen molar-refractivity contribution in [3.05, 3.63) is 20.8 Å². The SMILES string of the molecule is CC(C)CC(C)NCc1sccc1Br. The number of thiophene rings is 1. The van der Waals surface area contributed by atoms with E-state index in [9.17, 15) is 0 Å². The van der Waals surface area contributed by atoms with E-state index in [1.165, 1.54) is 15.8 Å². The molecule has 0 saturated carbocycles. The highest BCUT2D eigenvalue weighted by Gasteiger charge is 2.06. The molecule has 1 aromatic rings. The van der Waals surface area contributed by atoms with E-state index < -0.39 is 0 Å². The zero-order valence-electron chi connectivity index (χ0n) is 9.01. The normalized spacial score (nSPS) is 13.5. The van der Waals surface area contributed by atoms with Crippen molar-refractivity contribution in [3.8, 4) is 0 Å². The predicted molar refractivity (Wildman–Crippen MR) is 67.8 cm³/mol. The lowest BCUT2D eigenvalue weighted by Crippen LogP contribution is -2.26.